The van der Waals surface area contributed by atoms with Gasteiger partial charge in [0, 0.05) is 18.2 Å². The molecule has 0 aliphatic heterocycles. The van der Waals surface area contributed by atoms with Crippen molar-refractivity contribution >= 4 is 5.69 Å². The van der Waals surface area contributed by atoms with Gasteiger partial charge in [-0.15, -0.1) is 0 Å². The van der Waals surface area contributed by atoms with Gasteiger partial charge in [-0.05, 0) is 40.6 Å². The smallest absolute Gasteiger partial charge is 0.0406 e. The Kier molecular flexibility index (Phi) is 2.53. The lowest BCUT2D eigenvalue weighted by atomic mass is 9.82. The van der Waals surface area contributed by atoms with Gasteiger partial charge in [-0.3, -0.25) is 0 Å². The van der Waals surface area contributed by atoms with Gasteiger partial charge in [0.25, 0.3) is 0 Å². The third-order valence-electron chi connectivity index (χ3n) is 4.25. The number of hydrogen-bond acceptors (Lipinski definition) is 1. The summed E-state index contributed by atoms with van der Waals surface area (Å²) in [4.78, 5) is 2.05. The second kappa shape index (κ2) is 3.99. The van der Waals surface area contributed by atoms with Gasteiger partial charge in [-0.25, -0.2) is 0 Å². The first-order valence-electron chi connectivity index (χ1n) is 6.65. The zero-order chi connectivity index (χ0) is 13.6. The van der Waals surface area contributed by atoms with E-state index in [2.05, 4.69) is 67.8 Å². The van der Waals surface area contributed by atoms with E-state index in [1.165, 1.54) is 27.9 Å². The van der Waals surface area contributed by atoms with Crippen LogP contribution < -0.4 is 4.90 Å². The Morgan fingerprint density at radius 2 is 1.68 bits per heavy atom. The van der Waals surface area contributed by atoms with E-state index in [0.29, 0.717) is 0 Å². The summed E-state index contributed by atoms with van der Waals surface area (Å²) in [6, 6.07) is 15.4. The Balaban J connectivity index is 2.24. The third kappa shape index (κ3) is 1.61. The molecule has 0 N–H and O–H groups in total. The zero-order valence-electron chi connectivity index (χ0n) is 11.8. The summed E-state index contributed by atoms with van der Waals surface area (Å²) in [5.41, 5.74) is 6.82. The maximum atomic E-state index is 3.83. The molecule has 0 radical (unpaired) electrons. The Labute approximate surface area is 115 Å². The molecular formula is C18H19N. The van der Waals surface area contributed by atoms with Crippen LogP contribution in [0.2, 0.25) is 0 Å². The van der Waals surface area contributed by atoms with Crippen molar-refractivity contribution in [1.29, 1.82) is 0 Å². The molecule has 0 bridgehead atoms. The quantitative estimate of drug-likeness (QED) is 0.753. The van der Waals surface area contributed by atoms with E-state index in [9.17, 15) is 0 Å². The van der Waals surface area contributed by atoms with Crippen molar-refractivity contribution in [3.63, 3.8) is 0 Å². The average Bonchev–Trinajstić information content (AvgIpc) is 2.67. The summed E-state index contributed by atoms with van der Waals surface area (Å²) < 4.78 is 0. The Morgan fingerprint density at radius 3 is 2.42 bits per heavy atom. The van der Waals surface area contributed by atoms with Crippen LogP contribution in [0.5, 0.6) is 0 Å². The van der Waals surface area contributed by atoms with Gasteiger partial charge in [0.2, 0.25) is 0 Å². The molecule has 0 saturated carbocycles. The van der Waals surface area contributed by atoms with E-state index in [1.54, 1.807) is 0 Å². The normalized spacial score (nSPS) is 14.7. The number of rotatable bonds is 2. The average molecular weight is 249 g/mol. The number of hydrogen-bond donors (Lipinski definition) is 0. The fourth-order valence-electron chi connectivity index (χ4n) is 3.02. The molecule has 2 aromatic carbocycles. The maximum Gasteiger partial charge on any atom is 0.0406 e. The Hall–Kier alpha value is -2.02. The molecule has 0 atom stereocenters. The lowest BCUT2D eigenvalue weighted by Crippen LogP contribution is -2.16. The molecular weight excluding hydrogens is 230 g/mol. The van der Waals surface area contributed by atoms with Gasteiger partial charge in [0.15, 0.2) is 0 Å². The Bertz CT molecular complexity index is 652. The van der Waals surface area contributed by atoms with Gasteiger partial charge in [-0.2, -0.15) is 0 Å². The van der Waals surface area contributed by atoms with Crippen LogP contribution >= 0.6 is 0 Å². The number of anilines is 1. The number of fused-ring (bicyclic) bond motifs is 3. The van der Waals surface area contributed by atoms with E-state index in [4.69, 9.17) is 0 Å². The largest absolute Gasteiger partial charge is 0.352 e. The van der Waals surface area contributed by atoms with Gasteiger partial charge < -0.3 is 4.90 Å². The van der Waals surface area contributed by atoms with Crippen LogP contribution in [0.4, 0.5) is 5.69 Å². The van der Waals surface area contributed by atoms with Crippen LogP contribution in [0.3, 0.4) is 0 Å². The highest BCUT2D eigenvalue weighted by Crippen LogP contribution is 2.49. The highest BCUT2D eigenvalue weighted by Gasteiger charge is 2.35. The summed E-state index contributed by atoms with van der Waals surface area (Å²) in [7, 11) is 2.03. The van der Waals surface area contributed by atoms with E-state index < -0.39 is 0 Å². The van der Waals surface area contributed by atoms with Crippen molar-refractivity contribution in [2.75, 3.05) is 11.9 Å². The molecule has 1 nitrogen and oxygen atoms in total. The topological polar surface area (TPSA) is 3.24 Å². The molecule has 1 aliphatic carbocycles. The second-order valence-electron chi connectivity index (χ2n) is 5.69. The molecule has 19 heavy (non-hydrogen) atoms. The van der Waals surface area contributed by atoms with Crippen molar-refractivity contribution in [3.05, 3.63) is 66.4 Å². The first-order chi connectivity index (χ1) is 9.05. The van der Waals surface area contributed by atoms with E-state index >= 15 is 0 Å². The van der Waals surface area contributed by atoms with Crippen LogP contribution in [0.15, 0.2) is 55.2 Å². The van der Waals surface area contributed by atoms with E-state index in [1.807, 2.05) is 13.2 Å². The maximum absolute atomic E-state index is 3.83. The van der Waals surface area contributed by atoms with Crippen molar-refractivity contribution < 1.29 is 0 Å². The first kappa shape index (κ1) is 12.0. The van der Waals surface area contributed by atoms with E-state index in [0.717, 1.165) is 0 Å². The minimum Gasteiger partial charge on any atom is -0.352 e. The third-order valence-corrected chi connectivity index (χ3v) is 4.25. The van der Waals surface area contributed by atoms with Crippen LogP contribution in [0.25, 0.3) is 11.1 Å². The zero-order valence-corrected chi connectivity index (χ0v) is 11.8. The highest BCUT2D eigenvalue weighted by molar-refractivity contribution is 5.82. The molecule has 0 unspecified atom stereocenters. The van der Waals surface area contributed by atoms with Crippen molar-refractivity contribution in [3.8, 4) is 11.1 Å². The molecule has 0 amide bonds. The van der Waals surface area contributed by atoms with Gasteiger partial charge in [0.05, 0.1) is 0 Å². The standard InChI is InChI=1S/C18H19N/c1-5-19(4)13-10-11-15-14-8-6-7-9-16(14)18(2,3)17(15)12-13/h5-12H,1H2,2-4H3. The minimum atomic E-state index is 0.0734. The Morgan fingerprint density at radius 1 is 1.00 bits per heavy atom. The second-order valence-corrected chi connectivity index (χ2v) is 5.69. The van der Waals surface area contributed by atoms with Gasteiger partial charge in [0.1, 0.15) is 0 Å². The fraction of sp³-hybridized carbons (Fsp3) is 0.222. The molecule has 0 spiro atoms. The predicted molar refractivity (Wildman–Crippen MR) is 82.6 cm³/mol. The molecule has 1 aliphatic rings. The van der Waals surface area contributed by atoms with Crippen LogP contribution in [0.1, 0.15) is 25.0 Å². The molecule has 2 aromatic rings. The predicted octanol–water partition coefficient (Wildman–Crippen LogP) is 4.57. The fourth-order valence-corrected chi connectivity index (χ4v) is 3.02. The van der Waals surface area contributed by atoms with Crippen molar-refractivity contribution in [2.45, 2.75) is 19.3 Å². The molecule has 0 fully saturated rings. The van der Waals surface area contributed by atoms with Crippen LogP contribution in [0, 0.1) is 0 Å². The monoisotopic (exact) mass is 249 g/mol. The SMILES string of the molecule is C=CN(C)c1ccc2c(c1)C(C)(C)c1ccccc1-2. The lowest BCUT2D eigenvalue weighted by molar-refractivity contribution is 0.660. The molecule has 1 heteroatoms. The van der Waals surface area contributed by atoms with Crippen molar-refractivity contribution in [2.24, 2.45) is 0 Å². The lowest BCUT2D eigenvalue weighted by Gasteiger charge is -2.23. The van der Waals surface area contributed by atoms with Crippen LogP contribution in [-0.4, -0.2) is 7.05 Å². The molecule has 0 saturated heterocycles. The highest BCUT2D eigenvalue weighted by atomic mass is 15.1. The number of nitrogens with zero attached hydrogens (tertiary/aromatic N) is 1. The summed E-state index contributed by atoms with van der Waals surface area (Å²) >= 11 is 0. The minimum absolute atomic E-state index is 0.0734. The molecule has 3 rings (SSSR count). The van der Waals surface area contributed by atoms with Crippen LogP contribution in [-0.2, 0) is 5.41 Å². The molecule has 0 heterocycles. The summed E-state index contributed by atoms with van der Waals surface area (Å²) in [5.74, 6) is 0. The molecule has 96 valence electrons. The molecule has 0 aromatic heterocycles. The first-order valence-corrected chi connectivity index (χ1v) is 6.65. The van der Waals surface area contributed by atoms with Crippen molar-refractivity contribution in [1.82, 2.24) is 0 Å². The van der Waals surface area contributed by atoms with Gasteiger partial charge >= 0.3 is 0 Å². The number of benzene rings is 2. The summed E-state index contributed by atoms with van der Waals surface area (Å²) in [6.45, 7) is 8.43. The van der Waals surface area contributed by atoms with Gasteiger partial charge in [-0.1, -0.05) is 50.8 Å². The summed E-state index contributed by atoms with van der Waals surface area (Å²) in [5, 5.41) is 0. The summed E-state index contributed by atoms with van der Waals surface area (Å²) in [6.07, 6.45) is 1.84. The van der Waals surface area contributed by atoms with E-state index in [-0.39, 0.29) is 5.41 Å².